The van der Waals surface area contributed by atoms with Gasteiger partial charge >= 0.3 is 0 Å². The van der Waals surface area contributed by atoms with Crippen molar-refractivity contribution in [3.05, 3.63) is 35.4 Å². The largest absolute Gasteiger partial charge is 0.375 e. The van der Waals surface area contributed by atoms with E-state index in [-0.39, 0.29) is 12.6 Å². The third kappa shape index (κ3) is 6.34. The van der Waals surface area contributed by atoms with Gasteiger partial charge in [-0.05, 0) is 25.3 Å². The number of nitrogens with two attached hydrogens (primary N) is 1. The molecule has 0 heterocycles. The van der Waals surface area contributed by atoms with Gasteiger partial charge in [0.2, 0.25) is 0 Å². The zero-order chi connectivity index (χ0) is 12.7. The van der Waals surface area contributed by atoms with E-state index in [0.29, 0.717) is 6.42 Å². The minimum absolute atomic E-state index is 0.0459. The van der Waals surface area contributed by atoms with Gasteiger partial charge in [0.1, 0.15) is 6.61 Å². The first-order chi connectivity index (χ1) is 8.08. The molecule has 96 valence electrons. The highest BCUT2D eigenvalue weighted by Crippen LogP contribution is 2.07. The van der Waals surface area contributed by atoms with Gasteiger partial charge in [-0.1, -0.05) is 29.8 Å². The number of benzene rings is 1. The Morgan fingerprint density at radius 1 is 1.24 bits per heavy atom. The smallest absolute Gasteiger partial charge is 0.261 e. The normalized spacial score (nSPS) is 13.0. The van der Waals surface area contributed by atoms with Gasteiger partial charge in [0.15, 0.2) is 0 Å². The molecule has 0 bridgehead atoms. The molecule has 0 aliphatic carbocycles. The zero-order valence-corrected chi connectivity index (χ0v) is 10.0. The Bertz CT molecular complexity index is 314. The molecule has 0 saturated heterocycles. The summed E-state index contributed by atoms with van der Waals surface area (Å²) in [5.74, 6) is 0. The second-order valence-electron chi connectivity index (χ2n) is 4.20. The molecule has 4 heteroatoms. The average molecular weight is 243 g/mol. The minimum Gasteiger partial charge on any atom is -0.375 e. The van der Waals surface area contributed by atoms with Crippen molar-refractivity contribution in [2.75, 3.05) is 13.2 Å². The fourth-order valence-corrected chi connectivity index (χ4v) is 1.54. The molecule has 0 amide bonds. The Morgan fingerprint density at radius 2 is 1.88 bits per heavy atom. The van der Waals surface area contributed by atoms with E-state index in [4.69, 9.17) is 10.5 Å². The number of hydrogen-bond donors (Lipinski definition) is 1. The Kier molecular flexibility index (Phi) is 6.08. The summed E-state index contributed by atoms with van der Waals surface area (Å²) in [4.78, 5) is 0. The fraction of sp³-hybridized carbons (Fsp3) is 0.538. The maximum Gasteiger partial charge on any atom is 0.261 e. The molecular formula is C13H19F2NO. The number of halogens is 2. The van der Waals surface area contributed by atoms with E-state index < -0.39 is 13.0 Å². The van der Waals surface area contributed by atoms with Crippen molar-refractivity contribution in [3.63, 3.8) is 0 Å². The molecule has 0 radical (unpaired) electrons. The first kappa shape index (κ1) is 14.1. The molecule has 1 aromatic rings. The molecule has 1 rings (SSSR count). The third-order valence-corrected chi connectivity index (χ3v) is 2.50. The Hall–Kier alpha value is -1.00. The van der Waals surface area contributed by atoms with Crippen molar-refractivity contribution < 1.29 is 13.5 Å². The SMILES string of the molecule is Cc1ccc(CC(N)CCOCC(F)F)cc1. The van der Waals surface area contributed by atoms with Crippen LogP contribution in [0.3, 0.4) is 0 Å². The molecule has 0 spiro atoms. The predicted molar refractivity (Wildman–Crippen MR) is 64.3 cm³/mol. The summed E-state index contributed by atoms with van der Waals surface area (Å²) < 4.78 is 28.4. The van der Waals surface area contributed by atoms with Crippen molar-refractivity contribution in [2.45, 2.75) is 32.2 Å². The highest BCUT2D eigenvalue weighted by molar-refractivity contribution is 5.21. The van der Waals surface area contributed by atoms with Crippen LogP contribution < -0.4 is 5.73 Å². The van der Waals surface area contributed by atoms with Crippen molar-refractivity contribution in [2.24, 2.45) is 5.73 Å². The molecule has 0 saturated carbocycles. The second-order valence-corrected chi connectivity index (χ2v) is 4.20. The van der Waals surface area contributed by atoms with E-state index in [2.05, 4.69) is 0 Å². The fourth-order valence-electron chi connectivity index (χ4n) is 1.54. The first-order valence-electron chi connectivity index (χ1n) is 5.75. The van der Waals surface area contributed by atoms with Crippen LogP contribution in [0.15, 0.2) is 24.3 Å². The minimum atomic E-state index is -2.40. The average Bonchev–Trinajstić information content (AvgIpc) is 2.27. The van der Waals surface area contributed by atoms with Gasteiger partial charge < -0.3 is 10.5 Å². The molecule has 0 fully saturated rings. The molecule has 0 aliphatic heterocycles. The summed E-state index contributed by atoms with van der Waals surface area (Å²) in [6.07, 6.45) is -1.05. The van der Waals surface area contributed by atoms with E-state index in [9.17, 15) is 8.78 Å². The van der Waals surface area contributed by atoms with Gasteiger partial charge in [-0.3, -0.25) is 0 Å². The molecule has 1 atom stereocenters. The van der Waals surface area contributed by atoms with Crippen molar-refractivity contribution in [3.8, 4) is 0 Å². The molecule has 17 heavy (non-hydrogen) atoms. The van der Waals surface area contributed by atoms with Crippen molar-refractivity contribution in [1.29, 1.82) is 0 Å². The second kappa shape index (κ2) is 7.35. The number of aryl methyl sites for hydroxylation is 1. The standard InChI is InChI=1S/C13H19F2NO/c1-10-2-4-11(5-3-10)8-12(16)6-7-17-9-13(14)15/h2-5,12-13H,6-9,16H2,1H3. The summed E-state index contributed by atoms with van der Waals surface area (Å²) in [6, 6.07) is 8.10. The summed E-state index contributed by atoms with van der Waals surface area (Å²) >= 11 is 0. The molecule has 2 N–H and O–H groups in total. The van der Waals surface area contributed by atoms with Crippen molar-refractivity contribution >= 4 is 0 Å². The molecule has 0 aliphatic rings. The molecule has 0 aromatic heterocycles. The van der Waals surface area contributed by atoms with Gasteiger partial charge in [-0.15, -0.1) is 0 Å². The number of rotatable bonds is 7. The van der Waals surface area contributed by atoms with Gasteiger partial charge in [0.05, 0.1) is 0 Å². The van der Waals surface area contributed by atoms with E-state index in [1.165, 1.54) is 5.56 Å². The van der Waals surface area contributed by atoms with Crippen LogP contribution in [-0.2, 0) is 11.2 Å². The van der Waals surface area contributed by atoms with E-state index in [1.807, 2.05) is 31.2 Å². The van der Waals surface area contributed by atoms with Crippen LogP contribution in [0.1, 0.15) is 17.5 Å². The first-order valence-corrected chi connectivity index (χ1v) is 5.75. The third-order valence-electron chi connectivity index (χ3n) is 2.50. The van der Waals surface area contributed by atoms with E-state index >= 15 is 0 Å². The molecular weight excluding hydrogens is 224 g/mol. The van der Waals surface area contributed by atoms with Crippen LogP contribution in [0.2, 0.25) is 0 Å². The molecule has 1 unspecified atom stereocenters. The van der Waals surface area contributed by atoms with Crippen molar-refractivity contribution in [1.82, 2.24) is 0 Å². The predicted octanol–water partition coefficient (Wildman–Crippen LogP) is 2.54. The van der Waals surface area contributed by atoms with E-state index in [0.717, 1.165) is 12.0 Å². The maximum atomic E-state index is 11.8. The highest BCUT2D eigenvalue weighted by atomic mass is 19.3. The lowest BCUT2D eigenvalue weighted by Gasteiger charge is -2.12. The van der Waals surface area contributed by atoms with Crippen LogP contribution in [0, 0.1) is 6.92 Å². The number of ether oxygens (including phenoxy) is 1. The summed E-state index contributed by atoms with van der Waals surface area (Å²) in [5, 5.41) is 0. The quantitative estimate of drug-likeness (QED) is 0.747. The summed E-state index contributed by atoms with van der Waals surface area (Å²) in [7, 11) is 0. The molecule has 1 aromatic carbocycles. The highest BCUT2D eigenvalue weighted by Gasteiger charge is 2.06. The van der Waals surface area contributed by atoms with Crippen LogP contribution in [0.5, 0.6) is 0 Å². The Morgan fingerprint density at radius 3 is 2.47 bits per heavy atom. The van der Waals surface area contributed by atoms with Gasteiger partial charge in [-0.2, -0.15) is 0 Å². The van der Waals surface area contributed by atoms with E-state index in [1.54, 1.807) is 0 Å². The van der Waals surface area contributed by atoms with Crippen LogP contribution in [0.4, 0.5) is 8.78 Å². The monoisotopic (exact) mass is 243 g/mol. The summed E-state index contributed by atoms with van der Waals surface area (Å²) in [6.45, 7) is 1.82. The maximum absolute atomic E-state index is 11.8. The Labute approximate surface area is 101 Å². The van der Waals surface area contributed by atoms with Crippen LogP contribution in [0.25, 0.3) is 0 Å². The lowest BCUT2D eigenvalue weighted by Crippen LogP contribution is -2.25. The lowest BCUT2D eigenvalue weighted by atomic mass is 10.0. The van der Waals surface area contributed by atoms with Gasteiger partial charge in [-0.25, -0.2) is 8.78 Å². The Balaban J connectivity index is 2.20. The number of alkyl halides is 2. The lowest BCUT2D eigenvalue weighted by molar-refractivity contribution is 0.0153. The van der Waals surface area contributed by atoms with Gasteiger partial charge in [0.25, 0.3) is 6.43 Å². The van der Waals surface area contributed by atoms with Gasteiger partial charge in [0, 0.05) is 12.6 Å². The van der Waals surface area contributed by atoms with Crippen LogP contribution in [-0.4, -0.2) is 25.7 Å². The number of hydrogen-bond acceptors (Lipinski definition) is 2. The zero-order valence-electron chi connectivity index (χ0n) is 10.0. The molecule has 2 nitrogen and oxygen atoms in total. The summed E-state index contributed by atoms with van der Waals surface area (Å²) in [5.41, 5.74) is 8.27. The van der Waals surface area contributed by atoms with Crippen LogP contribution >= 0.6 is 0 Å². The topological polar surface area (TPSA) is 35.2 Å².